The zero-order valence-electron chi connectivity index (χ0n) is 15.8. The van der Waals surface area contributed by atoms with Crippen LogP contribution in [0.2, 0.25) is 0 Å². The van der Waals surface area contributed by atoms with Crippen LogP contribution >= 0.6 is 15.9 Å². The Balaban J connectivity index is 2.10. The quantitative estimate of drug-likeness (QED) is 0.539. The van der Waals surface area contributed by atoms with Crippen LogP contribution in [0.25, 0.3) is 10.9 Å². The van der Waals surface area contributed by atoms with Crippen molar-refractivity contribution in [2.24, 2.45) is 0 Å². The Bertz CT molecular complexity index is 1170. The molecule has 0 saturated carbocycles. The summed E-state index contributed by atoms with van der Waals surface area (Å²) in [5.41, 5.74) is 1.56. The topological polar surface area (TPSA) is 51.0 Å². The molecule has 28 heavy (non-hydrogen) atoms. The minimum atomic E-state index is -1.01. The molecule has 1 aliphatic heterocycles. The van der Waals surface area contributed by atoms with Crippen molar-refractivity contribution in [3.8, 4) is 0 Å². The van der Waals surface area contributed by atoms with Gasteiger partial charge >= 0.3 is 5.69 Å². The van der Waals surface area contributed by atoms with Crippen LogP contribution in [0.5, 0.6) is 0 Å². The number of anilines is 2. The molecule has 0 aliphatic carbocycles. The van der Waals surface area contributed by atoms with Crippen LogP contribution < -0.4 is 10.6 Å². The van der Waals surface area contributed by atoms with E-state index in [1.165, 1.54) is 10.6 Å². The summed E-state index contributed by atoms with van der Waals surface area (Å²) in [7, 11) is 5.48. The smallest absolute Gasteiger partial charge is 0.324 e. The maximum Gasteiger partial charge on any atom is 0.348 e. The molecule has 4 rings (SSSR count). The van der Waals surface area contributed by atoms with Crippen LogP contribution in [0.1, 0.15) is 12.0 Å². The molecule has 1 aliphatic rings. The molecule has 0 spiro atoms. The van der Waals surface area contributed by atoms with Crippen LogP contribution in [0.15, 0.2) is 33.8 Å². The van der Waals surface area contributed by atoms with Gasteiger partial charge in [0.1, 0.15) is 23.5 Å². The lowest BCUT2D eigenvalue weighted by atomic mass is 9.49. The van der Waals surface area contributed by atoms with Gasteiger partial charge in [-0.2, -0.15) is 4.98 Å². The van der Waals surface area contributed by atoms with Gasteiger partial charge in [0.15, 0.2) is 17.5 Å². The molecule has 0 amide bonds. The summed E-state index contributed by atoms with van der Waals surface area (Å²) < 4.78 is 31.4. The van der Waals surface area contributed by atoms with E-state index in [1.807, 2.05) is 23.5 Å². The molecule has 2 aromatic heterocycles. The predicted molar refractivity (Wildman–Crippen MR) is 117 cm³/mol. The molecule has 5 nitrogen and oxygen atoms in total. The minimum absolute atomic E-state index is 0.00218. The van der Waals surface area contributed by atoms with Gasteiger partial charge in [0.2, 0.25) is 0 Å². The van der Waals surface area contributed by atoms with Crippen molar-refractivity contribution < 1.29 is 8.78 Å². The lowest BCUT2D eigenvalue weighted by Gasteiger charge is -2.32. The second kappa shape index (κ2) is 6.72. The number of pyridine rings is 1. The summed E-state index contributed by atoms with van der Waals surface area (Å²) in [4.78, 5) is 23.1. The molecule has 140 valence electrons. The first-order chi connectivity index (χ1) is 13.2. The average molecular weight is 443 g/mol. The summed E-state index contributed by atoms with van der Waals surface area (Å²) in [6.45, 7) is 0.530. The van der Waals surface area contributed by atoms with Gasteiger partial charge in [-0.05, 0) is 51.7 Å². The predicted octanol–water partition coefficient (Wildman–Crippen LogP) is 0.384. The number of halogens is 3. The van der Waals surface area contributed by atoms with E-state index in [-0.39, 0.29) is 11.2 Å². The first kappa shape index (κ1) is 19.2. The maximum absolute atomic E-state index is 15.0. The number of nitrogens with zero attached hydrogens (tertiary/aromatic N) is 4. The van der Waals surface area contributed by atoms with Crippen LogP contribution in [0.4, 0.5) is 20.3 Å². The van der Waals surface area contributed by atoms with Crippen molar-refractivity contribution in [1.29, 1.82) is 0 Å². The highest BCUT2D eigenvalue weighted by atomic mass is 79.9. The third kappa shape index (κ3) is 2.96. The Labute approximate surface area is 171 Å². The second-order valence-corrected chi connectivity index (χ2v) is 8.71. The Kier molecular flexibility index (Phi) is 4.60. The van der Waals surface area contributed by atoms with Crippen molar-refractivity contribution in [2.45, 2.75) is 18.1 Å². The average Bonchev–Trinajstić information content (AvgIpc) is 2.63. The van der Waals surface area contributed by atoms with E-state index in [0.29, 0.717) is 12.1 Å². The summed E-state index contributed by atoms with van der Waals surface area (Å²) in [5.74, 6) is -1.86. The molecule has 0 saturated heterocycles. The van der Waals surface area contributed by atoms with Gasteiger partial charge in [0, 0.05) is 17.2 Å². The number of benzene rings is 1. The molecule has 11 heteroatoms. The fourth-order valence-electron chi connectivity index (χ4n) is 3.77. The van der Waals surface area contributed by atoms with E-state index in [1.54, 1.807) is 17.3 Å². The fourth-order valence-corrected chi connectivity index (χ4v) is 4.29. The third-order valence-electron chi connectivity index (χ3n) is 4.94. The van der Waals surface area contributed by atoms with Gasteiger partial charge in [0.25, 0.3) is 0 Å². The highest BCUT2D eigenvalue weighted by molar-refractivity contribution is 9.10. The highest BCUT2D eigenvalue weighted by Crippen LogP contribution is 2.39. The van der Waals surface area contributed by atoms with Crippen molar-refractivity contribution in [2.75, 3.05) is 11.4 Å². The Morgan fingerprint density at radius 2 is 1.93 bits per heavy atom. The first-order valence-corrected chi connectivity index (χ1v) is 9.80. The van der Waals surface area contributed by atoms with E-state index >= 15 is 0 Å². The first-order valence-electron chi connectivity index (χ1n) is 9.01. The van der Waals surface area contributed by atoms with Gasteiger partial charge in [-0.25, -0.2) is 13.6 Å². The molecule has 0 N–H and O–H groups in total. The van der Waals surface area contributed by atoms with E-state index in [9.17, 15) is 13.6 Å². The van der Waals surface area contributed by atoms with Gasteiger partial charge < -0.3 is 9.47 Å². The molecule has 3 aromatic rings. The minimum Gasteiger partial charge on any atom is -0.324 e. The molecule has 0 fully saturated rings. The highest BCUT2D eigenvalue weighted by Gasteiger charge is 2.29. The normalized spacial score (nSPS) is 14.3. The van der Waals surface area contributed by atoms with Crippen LogP contribution in [0, 0.1) is 11.6 Å². The fraction of sp³-hybridized carbons (Fsp3) is 0.235. The van der Waals surface area contributed by atoms with E-state index in [4.69, 9.17) is 0 Å². The monoisotopic (exact) mass is 442 g/mol. The van der Waals surface area contributed by atoms with Crippen molar-refractivity contribution >= 4 is 61.9 Å². The number of fused-ring (bicyclic) bond motifs is 2. The van der Waals surface area contributed by atoms with Crippen molar-refractivity contribution in [1.82, 2.24) is 14.5 Å². The Hall–Kier alpha value is -2.16. The molecule has 0 bridgehead atoms. The zero-order chi connectivity index (χ0) is 20.2. The molecule has 0 unspecified atom stereocenters. The van der Waals surface area contributed by atoms with E-state index in [2.05, 4.69) is 25.9 Å². The van der Waals surface area contributed by atoms with Crippen LogP contribution in [-0.2, 0) is 11.7 Å². The summed E-state index contributed by atoms with van der Waals surface area (Å²) in [6, 6.07) is 2.49. The van der Waals surface area contributed by atoms with Gasteiger partial charge in [0.05, 0.1) is 22.8 Å². The van der Waals surface area contributed by atoms with Crippen LogP contribution in [-0.4, -0.2) is 44.6 Å². The van der Waals surface area contributed by atoms with E-state index < -0.39 is 22.6 Å². The van der Waals surface area contributed by atoms with Crippen molar-refractivity contribution in [3.05, 3.63) is 56.7 Å². The maximum atomic E-state index is 15.0. The number of hydrogen-bond donors (Lipinski definition) is 0. The second-order valence-electron chi connectivity index (χ2n) is 7.85. The van der Waals surface area contributed by atoms with E-state index in [0.717, 1.165) is 34.6 Å². The molecular formula is C17H16B3BrF2N4O. The number of rotatable bonds is 2. The molecule has 3 heterocycles. The standard InChI is InChI=1S/C17H16B3BrF2N4O/c18-17(19,20)27-11-4-3-10(22)14(23)13(11)15(25-16(27)28)26-5-1-2-8-9(21)6-24-7-12(8)26/h3-4,6-7H,1-2,5,18-20H2. The molecule has 0 atom stereocenters. The van der Waals surface area contributed by atoms with Gasteiger partial charge in [-0.15, -0.1) is 0 Å². The lowest BCUT2D eigenvalue weighted by Crippen LogP contribution is -2.44. The summed E-state index contributed by atoms with van der Waals surface area (Å²) >= 11 is 3.50. The van der Waals surface area contributed by atoms with Gasteiger partial charge in [-0.3, -0.25) is 4.98 Å². The number of hydrogen-bond acceptors (Lipinski definition) is 4. The molecular weight excluding hydrogens is 427 g/mol. The number of aromatic nitrogens is 3. The largest absolute Gasteiger partial charge is 0.348 e. The lowest BCUT2D eigenvalue weighted by molar-refractivity contribution is 0.515. The summed E-state index contributed by atoms with van der Waals surface area (Å²) in [6.07, 6.45) is 4.98. The van der Waals surface area contributed by atoms with Gasteiger partial charge in [-0.1, -0.05) is 0 Å². The third-order valence-corrected chi connectivity index (χ3v) is 5.62. The summed E-state index contributed by atoms with van der Waals surface area (Å²) in [5, 5.41) is -0.641. The molecule has 0 radical (unpaired) electrons. The SMILES string of the molecule is BC(B)(B)n1c(=O)nc(N2CCCc3c(Br)cncc32)c2c(F)c(F)ccc21. The Morgan fingerprint density at radius 1 is 1.18 bits per heavy atom. The Morgan fingerprint density at radius 3 is 2.64 bits per heavy atom. The van der Waals surface area contributed by atoms with Crippen molar-refractivity contribution in [3.63, 3.8) is 0 Å². The zero-order valence-corrected chi connectivity index (χ0v) is 17.3. The van der Waals surface area contributed by atoms with Crippen LogP contribution in [0.3, 0.4) is 0 Å². The molecule has 1 aromatic carbocycles.